The Morgan fingerprint density at radius 1 is 1.25 bits per heavy atom. The molecule has 1 amide bonds. The Hall–Kier alpha value is -2.01. The second-order valence-electron chi connectivity index (χ2n) is 4.14. The molecule has 2 aromatic rings. The van der Waals surface area contributed by atoms with E-state index in [9.17, 15) is 4.79 Å². The average molecular weight is 335 g/mol. The van der Waals surface area contributed by atoms with Gasteiger partial charge in [-0.2, -0.15) is 0 Å². The van der Waals surface area contributed by atoms with E-state index in [1.165, 1.54) is 0 Å². The third kappa shape index (κ3) is 3.51. The van der Waals surface area contributed by atoms with Crippen molar-refractivity contribution in [2.75, 3.05) is 17.7 Å². The van der Waals surface area contributed by atoms with Gasteiger partial charge in [0, 0.05) is 15.8 Å². The molecule has 0 aromatic heterocycles. The standard InChI is InChI=1S/C15H15BrN2O2/c1-2-20-12-6-4-11(5-7-12)18-15(19)13-8-3-10(16)9-14(13)17/h3-9H,2,17H2,1H3,(H,18,19). The SMILES string of the molecule is CCOc1ccc(NC(=O)c2ccc(Br)cc2N)cc1. The summed E-state index contributed by atoms with van der Waals surface area (Å²) in [6.45, 7) is 2.53. The number of nitrogens with one attached hydrogen (secondary N) is 1. The summed E-state index contributed by atoms with van der Waals surface area (Å²) in [5.74, 6) is 0.535. The number of halogens is 1. The zero-order valence-electron chi connectivity index (χ0n) is 11.0. The number of hydrogen-bond donors (Lipinski definition) is 2. The lowest BCUT2D eigenvalue weighted by Crippen LogP contribution is -2.13. The Labute approximate surface area is 126 Å². The predicted octanol–water partition coefficient (Wildman–Crippen LogP) is 3.68. The summed E-state index contributed by atoms with van der Waals surface area (Å²) in [7, 11) is 0. The van der Waals surface area contributed by atoms with Crippen molar-refractivity contribution in [1.82, 2.24) is 0 Å². The van der Waals surface area contributed by atoms with Crippen LogP contribution in [0.1, 0.15) is 17.3 Å². The number of amides is 1. The molecule has 0 saturated carbocycles. The molecule has 0 radical (unpaired) electrons. The highest BCUT2D eigenvalue weighted by molar-refractivity contribution is 9.10. The van der Waals surface area contributed by atoms with Gasteiger partial charge >= 0.3 is 0 Å². The monoisotopic (exact) mass is 334 g/mol. The molecule has 0 bridgehead atoms. The lowest BCUT2D eigenvalue weighted by atomic mass is 10.1. The Morgan fingerprint density at radius 2 is 1.95 bits per heavy atom. The molecule has 20 heavy (non-hydrogen) atoms. The van der Waals surface area contributed by atoms with Crippen LogP contribution in [0.15, 0.2) is 46.9 Å². The minimum absolute atomic E-state index is 0.237. The molecule has 0 heterocycles. The third-order valence-electron chi connectivity index (χ3n) is 2.68. The smallest absolute Gasteiger partial charge is 0.257 e. The predicted molar refractivity (Wildman–Crippen MR) is 84.1 cm³/mol. The first-order valence-electron chi connectivity index (χ1n) is 6.19. The first-order chi connectivity index (χ1) is 9.60. The molecule has 0 aliphatic carbocycles. The Bertz CT molecular complexity index is 612. The largest absolute Gasteiger partial charge is 0.494 e. The molecule has 0 saturated heterocycles. The van der Waals surface area contributed by atoms with Gasteiger partial charge < -0.3 is 15.8 Å². The zero-order chi connectivity index (χ0) is 14.5. The van der Waals surface area contributed by atoms with Gasteiger partial charge in [0.2, 0.25) is 0 Å². The lowest BCUT2D eigenvalue weighted by molar-refractivity contribution is 0.102. The number of nitrogen functional groups attached to an aromatic ring is 1. The molecule has 0 atom stereocenters. The van der Waals surface area contributed by atoms with Gasteiger partial charge in [0.1, 0.15) is 5.75 Å². The molecule has 104 valence electrons. The van der Waals surface area contributed by atoms with E-state index in [4.69, 9.17) is 10.5 Å². The van der Waals surface area contributed by atoms with E-state index in [-0.39, 0.29) is 5.91 Å². The van der Waals surface area contributed by atoms with E-state index in [1.54, 1.807) is 30.3 Å². The second-order valence-corrected chi connectivity index (χ2v) is 5.06. The van der Waals surface area contributed by atoms with E-state index in [0.717, 1.165) is 10.2 Å². The van der Waals surface area contributed by atoms with Crippen molar-refractivity contribution in [3.8, 4) is 5.75 Å². The van der Waals surface area contributed by atoms with Crippen LogP contribution >= 0.6 is 15.9 Å². The molecular weight excluding hydrogens is 320 g/mol. The molecule has 0 aliphatic rings. The highest BCUT2D eigenvalue weighted by Gasteiger charge is 2.10. The fourth-order valence-corrected chi connectivity index (χ4v) is 2.12. The van der Waals surface area contributed by atoms with Crippen molar-refractivity contribution in [2.45, 2.75) is 6.92 Å². The molecule has 3 N–H and O–H groups in total. The second kappa shape index (κ2) is 6.43. The fraction of sp³-hybridized carbons (Fsp3) is 0.133. The van der Waals surface area contributed by atoms with Gasteiger partial charge in [0.05, 0.1) is 12.2 Å². The van der Waals surface area contributed by atoms with Gasteiger partial charge in [-0.1, -0.05) is 15.9 Å². The molecule has 0 unspecified atom stereocenters. The summed E-state index contributed by atoms with van der Waals surface area (Å²) in [6, 6.07) is 12.4. The van der Waals surface area contributed by atoms with Crippen LogP contribution in [-0.4, -0.2) is 12.5 Å². The van der Waals surface area contributed by atoms with Crippen LogP contribution in [0.2, 0.25) is 0 Å². The summed E-state index contributed by atoms with van der Waals surface area (Å²) in [5, 5.41) is 2.80. The topological polar surface area (TPSA) is 64.3 Å². The van der Waals surface area contributed by atoms with Gasteiger partial charge in [-0.05, 0) is 49.4 Å². The van der Waals surface area contributed by atoms with Crippen molar-refractivity contribution < 1.29 is 9.53 Å². The molecule has 2 rings (SSSR count). The number of rotatable bonds is 4. The summed E-state index contributed by atoms with van der Waals surface area (Å²) in [4.78, 5) is 12.1. The van der Waals surface area contributed by atoms with E-state index in [0.29, 0.717) is 23.5 Å². The van der Waals surface area contributed by atoms with Gasteiger partial charge in [0.15, 0.2) is 0 Å². The van der Waals surface area contributed by atoms with Crippen molar-refractivity contribution >= 4 is 33.2 Å². The van der Waals surface area contributed by atoms with Crippen LogP contribution in [-0.2, 0) is 0 Å². The quantitative estimate of drug-likeness (QED) is 0.838. The van der Waals surface area contributed by atoms with Gasteiger partial charge in [-0.25, -0.2) is 0 Å². The van der Waals surface area contributed by atoms with E-state index < -0.39 is 0 Å². The maximum Gasteiger partial charge on any atom is 0.257 e. The summed E-state index contributed by atoms with van der Waals surface area (Å²) < 4.78 is 6.19. The molecular formula is C15H15BrN2O2. The number of nitrogens with two attached hydrogens (primary N) is 1. The minimum atomic E-state index is -0.237. The van der Waals surface area contributed by atoms with Crippen molar-refractivity contribution in [3.05, 3.63) is 52.5 Å². The van der Waals surface area contributed by atoms with Crippen LogP contribution < -0.4 is 15.8 Å². The van der Waals surface area contributed by atoms with E-state index >= 15 is 0 Å². The number of ether oxygens (including phenoxy) is 1. The maximum absolute atomic E-state index is 12.1. The highest BCUT2D eigenvalue weighted by Crippen LogP contribution is 2.21. The molecule has 0 spiro atoms. The number of carbonyl (C=O) groups is 1. The van der Waals surface area contributed by atoms with Crippen LogP contribution in [0.3, 0.4) is 0 Å². The minimum Gasteiger partial charge on any atom is -0.494 e. The normalized spacial score (nSPS) is 10.1. The van der Waals surface area contributed by atoms with Crippen molar-refractivity contribution in [2.24, 2.45) is 0 Å². The number of anilines is 2. The Morgan fingerprint density at radius 3 is 2.55 bits per heavy atom. The zero-order valence-corrected chi connectivity index (χ0v) is 12.6. The first-order valence-corrected chi connectivity index (χ1v) is 6.98. The number of benzene rings is 2. The number of hydrogen-bond acceptors (Lipinski definition) is 3. The van der Waals surface area contributed by atoms with Crippen molar-refractivity contribution in [1.29, 1.82) is 0 Å². The molecule has 0 fully saturated rings. The maximum atomic E-state index is 12.1. The van der Waals surface area contributed by atoms with Crippen LogP contribution in [0, 0.1) is 0 Å². The van der Waals surface area contributed by atoms with Gasteiger partial charge in [-0.15, -0.1) is 0 Å². The van der Waals surface area contributed by atoms with Gasteiger partial charge in [-0.3, -0.25) is 4.79 Å². The van der Waals surface area contributed by atoms with E-state index in [1.807, 2.05) is 19.1 Å². The average Bonchev–Trinajstić information content (AvgIpc) is 2.41. The number of carbonyl (C=O) groups excluding carboxylic acids is 1. The summed E-state index contributed by atoms with van der Waals surface area (Å²) in [6.07, 6.45) is 0. The molecule has 5 heteroatoms. The van der Waals surface area contributed by atoms with Crippen LogP contribution in [0.4, 0.5) is 11.4 Å². The summed E-state index contributed by atoms with van der Waals surface area (Å²) >= 11 is 3.31. The molecule has 0 aliphatic heterocycles. The summed E-state index contributed by atoms with van der Waals surface area (Å²) in [5.41, 5.74) is 7.40. The highest BCUT2D eigenvalue weighted by atomic mass is 79.9. The third-order valence-corrected chi connectivity index (χ3v) is 3.17. The first kappa shape index (κ1) is 14.4. The molecule has 2 aromatic carbocycles. The van der Waals surface area contributed by atoms with Crippen LogP contribution in [0.5, 0.6) is 5.75 Å². The van der Waals surface area contributed by atoms with E-state index in [2.05, 4.69) is 21.2 Å². The van der Waals surface area contributed by atoms with Gasteiger partial charge in [0.25, 0.3) is 5.91 Å². The Kier molecular flexibility index (Phi) is 4.63. The van der Waals surface area contributed by atoms with Crippen LogP contribution in [0.25, 0.3) is 0 Å². The van der Waals surface area contributed by atoms with Crippen molar-refractivity contribution in [3.63, 3.8) is 0 Å². The lowest BCUT2D eigenvalue weighted by Gasteiger charge is -2.09. The Balaban J connectivity index is 2.11. The molecule has 4 nitrogen and oxygen atoms in total. The fourth-order valence-electron chi connectivity index (χ4n) is 1.74.